The molecular formula is C20H33N5O2. The monoisotopic (exact) mass is 375 g/mol. The Bertz CT molecular complexity index is 622. The number of benzene rings is 1. The summed E-state index contributed by atoms with van der Waals surface area (Å²) < 4.78 is 4.59. The molecule has 1 saturated heterocycles. The van der Waals surface area contributed by atoms with Crippen molar-refractivity contribution in [2.24, 2.45) is 4.99 Å². The van der Waals surface area contributed by atoms with Crippen molar-refractivity contribution in [3.63, 3.8) is 0 Å². The highest BCUT2D eigenvalue weighted by Crippen LogP contribution is 2.19. The number of hydrogen-bond donors (Lipinski definition) is 3. The number of piperidine rings is 1. The van der Waals surface area contributed by atoms with Gasteiger partial charge >= 0.3 is 6.09 Å². The molecule has 1 fully saturated rings. The first kappa shape index (κ1) is 21.0. The van der Waals surface area contributed by atoms with Gasteiger partial charge in [0, 0.05) is 31.4 Å². The molecule has 0 bridgehead atoms. The minimum Gasteiger partial charge on any atom is -0.453 e. The van der Waals surface area contributed by atoms with Crippen molar-refractivity contribution in [3.05, 3.63) is 29.8 Å². The first-order valence-corrected chi connectivity index (χ1v) is 9.58. The summed E-state index contributed by atoms with van der Waals surface area (Å²) in [6, 6.07) is 7.62. The van der Waals surface area contributed by atoms with Crippen LogP contribution in [-0.4, -0.2) is 56.3 Å². The van der Waals surface area contributed by atoms with Crippen LogP contribution >= 0.6 is 0 Å². The van der Waals surface area contributed by atoms with Crippen molar-refractivity contribution in [1.29, 1.82) is 0 Å². The number of guanidine groups is 1. The third-order valence-electron chi connectivity index (χ3n) is 4.97. The summed E-state index contributed by atoms with van der Waals surface area (Å²) >= 11 is 0. The SMILES string of the molecule is CN=C(NCc1ccc(NC(=O)OC)cc1)NCC(C)(C)N1CCCCC1. The van der Waals surface area contributed by atoms with Crippen LogP contribution in [0.3, 0.4) is 0 Å². The summed E-state index contributed by atoms with van der Waals surface area (Å²) in [5, 5.41) is 9.43. The summed E-state index contributed by atoms with van der Waals surface area (Å²) in [6.45, 7) is 8.41. The summed E-state index contributed by atoms with van der Waals surface area (Å²) in [4.78, 5) is 18.1. The van der Waals surface area contributed by atoms with Crippen molar-refractivity contribution < 1.29 is 9.53 Å². The standard InChI is InChI=1S/C20H33N5O2/c1-20(2,25-12-6-5-7-13-25)15-23-18(21-3)22-14-16-8-10-17(11-9-16)24-19(26)27-4/h8-11H,5-7,12-15H2,1-4H3,(H,24,26)(H2,21,22,23). The number of nitrogens with one attached hydrogen (secondary N) is 3. The molecule has 1 heterocycles. The van der Waals surface area contributed by atoms with Crippen LogP contribution in [0.5, 0.6) is 0 Å². The van der Waals surface area contributed by atoms with Gasteiger partial charge in [-0.2, -0.15) is 0 Å². The van der Waals surface area contributed by atoms with E-state index in [1.165, 1.54) is 39.5 Å². The van der Waals surface area contributed by atoms with E-state index in [-0.39, 0.29) is 5.54 Å². The van der Waals surface area contributed by atoms with E-state index in [1.54, 1.807) is 7.05 Å². The second kappa shape index (κ2) is 10.2. The van der Waals surface area contributed by atoms with Gasteiger partial charge in [-0.3, -0.25) is 15.2 Å². The Kier molecular flexibility index (Phi) is 7.91. The van der Waals surface area contributed by atoms with E-state index in [0.29, 0.717) is 12.2 Å². The maximum atomic E-state index is 11.2. The van der Waals surface area contributed by atoms with Crippen molar-refractivity contribution in [2.75, 3.05) is 39.1 Å². The maximum absolute atomic E-state index is 11.2. The normalized spacial score (nSPS) is 15.9. The van der Waals surface area contributed by atoms with Crippen molar-refractivity contribution in [3.8, 4) is 0 Å². The number of likely N-dealkylation sites (tertiary alicyclic amines) is 1. The number of ether oxygens (including phenoxy) is 1. The van der Waals surface area contributed by atoms with Gasteiger partial charge in [0.15, 0.2) is 5.96 Å². The van der Waals surface area contributed by atoms with E-state index < -0.39 is 6.09 Å². The van der Waals surface area contributed by atoms with Gasteiger partial charge in [0.1, 0.15) is 0 Å². The predicted octanol–water partition coefficient (Wildman–Crippen LogP) is 2.79. The summed E-state index contributed by atoms with van der Waals surface area (Å²) in [6.07, 6.45) is 3.45. The average molecular weight is 376 g/mol. The Labute approximate surface area is 162 Å². The third kappa shape index (κ3) is 6.75. The van der Waals surface area contributed by atoms with E-state index in [4.69, 9.17) is 0 Å². The van der Waals surface area contributed by atoms with Crippen LogP contribution < -0.4 is 16.0 Å². The van der Waals surface area contributed by atoms with Crippen LogP contribution in [0, 0.1) is 0 Å². The fourth-order valence-corrected chi connectivity index (χ4v) is 3.19. The van der Waals surface area contributed by atoms with Crippen LogP contribution in [0.25, 0.3) is 0 Å². The Morgan fingerprint density at radius 1 is 1.15 bits per heavy atom. The largest absolute Gasteiger partial charge is 0.453 e. The molecule has 1 aliphatic rings. The molecule has 27 heavy (non-hydrogen) atoms. The van der Waals surface area contributed by atoms with E-state index in [0.717, 1.165) is 18.1 Å². The van der Waals surface area contributed by atoms with Gasteiger partial charge in [-0.1, -0.05) is 18.6 Å². The topological polar surface area (TPSA) is 78.0 Å². The van der Waals surface area contributed by atoms with Gasteiger partial charge < -0.3 is 15.4 Å². The molecule has 0 spiro atoms. The number of amides is 1. The molecule has 1 amide bonds. The van der Waals surface area contributed by atoms with E-state index in [9.17, 15) is 4.79 Å². The molecule has 0 aromatic heterocycles. The highest BCUT2D eigenvalue weighted by Gasteiger charge is 2.27. The fourth-order valence-electron chi connectivity index (χ4n) is 3.19. The number of rotatable bonds is 6. The predicted molar refractivity (Wildman–Crippen MR) is 110 cm³/mol. The Hall–Kier alpha value is -2.28. The molecule has 150 valence electrons. The number of aliphatic imine (C=N–C) groups is 1. The zero-order chi connectivity index (χ0) is 19.7. The number of carbonyl (C=O) groups is 1. The Morgan fingerprint density at radius 3 is 2.41 bits per heavy atom. The van der Waals surface area contributed by atoms with Gasteiger partial charge in [-0.05, 0) is 57.5 Å². The van der Waals surface area contributed by atoms with E-state index in [2.05, 4.69) is 44.4 Å². The van der Waals surface area contributed by atoms with E-state index >= 15 is 0 Å². The summed E-state index contributed by atoms with van der Waals surface area (Å²) in [7, 11) is 3.13. The second-order valence-corrected chi connectivity index (χ2v) is 7.45. The molecule has 7 heteroatoms. The van der Waals surface area contributed by atoms with Gasteiger partial charge in [-0.25, -0.2) is 4.79 Å². The zero-order valence-electron chi connectivity index (χ0n) is 17.0. The Balaban J connectivity index is 1.80. The number of nitrogens with zero attached hydrogens (tertiary/aromatic N) is 2. The summed E-state index contributed by atoms with van der Waals surface area (Å²) in [5.74, 6) is 0.789. The molecule has 2 rings (SSSR count). The molecule has 0 aliphatic carbocycles. The molecule has 1 aromatic rings. The molecule has 0 atom stereocenters. The van der Waals surface area contributed by atoms with Crippen molar-refractivity contribution in [2.45, 2.75) is 45.2 Å². The molecular weight excluding hydrogens is 342 g/mol. The highest BCUT2D eigenvalue weighted by molar-refractivity contribution is 5.84. The van der Waals surface area contributed by atoms with Gasteiger partial charge in [0.2, 0.25) is 0 Å². The molecule has 0 radical (unpaired) electrons. The van der Waals surface area contributed by atoms with Crippen LogP contribution in [0.4, 0.5) is 10.5 Å². The van der Waals surface area contributed by atoms with Gasteiger partial charge in [0.25, 0.3) is 0 Å². The molecule has 1 aliphatic heterocycles. The van der Waals surface area contributed by atoms with Crippen molar-refractivity contribution >= 4 is 17.7 Å². The smallest absolute Gasteiger partial charge is 0.411 e. The van der Waals surface area contributed by atoms with Crippen LogP contribution in [-0.2, 0) is 11.3 Å². The second-order valence-electron chi connectivity index (χ2n) is 7.45. The lowest BCUT2D eigenvalue weighted by atomic mass is 9.98. The van der Waals surface area contributed by atoms with Crippen LogP contribution in [0.2, 0.25) is 0 Å². The minimum atomic E-state index is -0.471. The first-order valence-electron chi connectivity index (χ1n) is 9.58. The number of anilines is 1. The van der Waals surface area contributed by atoms with E-state index in [1.807, 2.05) is 24.3 Å². The molecule has 0 saturated carbocycles. The first-order chi connectivity index (χ1) is 12.9. The fraction of sp³-hybridized carbons (Fsp3) is 0.600. The number of carbonyl (C=O) groups excluding carboxylic acids is 1. The zero-order valence-corrected chi connectivity index (χ0v) is 17.0. The lowest BCUT2D eigenvalue weighted by Gasteiger charge is -2.41. The summed E-state index contributed by atoms with van der Waals surface area (Å²) in [5.41, 5.74) is 1.90. The maximum Gasteiger partial charge on any atom is 0.411 e. The molecule has 0 unspecified atom stereocenters. The third-order valence-corrected chi connectivity index (χ3v) is 4.97. The average Bonchev–Trinajstić information content (AvgIpc) is 2.69. The quantitative estimate of drug-likeness (QED) is 0.526. The van der Waals surface area contributed by atoms with Gasteiger partial charge in [0.05, 0.1) is 7.11 Å². The van der Waals surface area contributed by atoms with Crippen molar-refractivity contribution in [1.82, 2.24) is 15.5 Å². The molecule has 7 nitrogen and oxygen atoms in total. The van der Waals surface area contributed by atoms with Crippen LogP contribution in [0.1, 0.15) is 38.7 Å². The minimum absolute atomic E-state index is 0.0965. The van der Waals surface area contributed by atoms with Gasteiger partial charge in [-0.15, -0.1) is 0 Å². The lowest BCUT2D eigenvalue weighted by molar-refractivity contribution is 0.0982. The molecule has 3 N–H and O–H groups in total. The number of methoxy groups -OCH3 is 1. The molecule has 1 aromatic carbocycles. The Morgan fingerprint density at radius 2 is 1.81 bits per heavy atom. The van der Waals surface area contributed by atoms with Crippen LogP contribution in [0.15, 0.2) is 29.3 Å². The number of hydrogen-bond acceptors (Lipinski definition) is 4. The highest BCUT2D eigenvalue weighted by atomic mass is 16.5. The lowest BCUT2D eigenvalue weighted by Crippen LogP contribution is -2.54.